The molecule has 1 saturated heterocycles. The normalized spacial score (nSPS) is 31.3. The molecule has 322 valence electrons. The number of aliphatic hydroxyl groups excluding tert-OH is 2. The summed E-state index contributed by atoms with van der Waals surface area (Å²) in [4.78, 5) is 82.8. The topological polar surface area (TPSA) is 213 Å². The molecule has 15 nitrogen and oxygen atoms in total. The summed E-state index contributed by atoms with van der Waals surface area (Å²) < 4.78 is 30.3. The molecule has 11 atom stereocenters. The molecule has 1 saturated carbocycles. The Balaban J connectivity index is 1.52. The molecule has 3 unspecified atom stereocenters. The second-order valence-corrected chi connectivity index (χ2v) is 17.9. The predicted molar refractivity (Wildman–Crippen MR) is 213 cm³/mol. The first-order valence-electron chi connectivity index (χ1n) is 19.9. The molecule has 0 aromatic heterocycles. The average Bonchev–Trinajstić information content (AvgIpc) is 3.15. The zero-order valence-electron chi connectivity index (χ0n) is 35.2. The smallest absolute Gasteiger partial charge is 0.342 e. The van der Waals surface area contributed by atoms with E-state index >= 15 is 4.79 Å². The largest absolute Gasteiger partial charge is 0.458 e. The van der Waals surface area contributed by atoms with E-state index in [1.54, 1.807) is 102 Å². The third-order valence-corrected chi connectivity index (χ3v) is 12.2. The number of Topliss-reactive ketones (excluding diaryl/α,β-unsaturated/α-hetero) is 1. The lowest BCUT2D eigenvalue weighted by molar-refractivity contribution is -0.296. The van der Waals surface area contributed by atoms with Gasteiger partial charge in [0.05, 0.1) is 29.5 Å². The fourth-order valence-corrected chi connectivity index (χ4v) is 9.78. The first-order valence-corrected chi connectivity index (χ1v) is 19.9. The zero-order chi connectivity index (χ0) is 44.1. The molecule has 15 heteroatoms. The number of carbonyl (C=O) groups excluding carboxylic acids is 6. The molecule has 60 heavy (non-hydrogen) atoms. The number of allylic oxidation sites excluding steroid dienone is 1. The maximum Gasteiger partial charge on any atom is 0.342 e. The lowest BCUT2D eigenvalue weighted by Crippen LogP contribution is -2.76. The van der Waals surface area contributed by atoms with Gasteiger partial charge in [0, 0.05) is 31.2 Å². The SMILES string of the molecule is CC(=O)O[C@H]1C(=O)[C@]2(C)C=C[C@H]3OC[C@@]3(OC(C)=O)C2[C@H](OC(=O)c2ccccc2)C2[C@@H](O)C(OC(=O)[C@H](O)[C@@H](NC(=O)NC(C)(C)C)c3ccccc3)=C(C)C1C2(C)C. The van der Waals surface area contributed by atoms with E-state index in [0.29, 0.717) is 5.56 Å². The summed E-state index contributed by atoms with van der Waals surface area (Å²) in [6, 6.07) is 14.3. The van der Waals surface area contributed by atoms with Gasteiger partial charge in [-0.15, -0.1) is 0 Å². The third-order valence-electron chi connectivity index (χ3n) is 12.2. The molecule has 2 bridgehead atoms. The molecular formula is C45H54N2O13. The maximum atomic E-state index is 15.4. The Bertz CT molecular complexity index is 2090. The lowest BCUT2D eigenvalue weighted by atomic mass is 9.46. The number of ketones is 1. The van der Waals surface area contributed by atoms with Crippen LogP contribution in [0.5, 0.6) is 0 Å². The van der Waals surface area contributed by atoms with Crippen molar-refractivity contribution < 1.29 is 62.7 Å². The van der Waals surface area contributed by atoms with Crippen LogP contribution >= 0.6 is 0 Å². The van der Waals surface area contributed by atoms with Crippen LogP contribution in [0.2, 0.25) is 0 Å². The van der Waals surface area contributed by atoms with Crippen molar-refractivity contribution in [1.29, 1.82) is 0 Å². The minimum atomic E-state index is -2.05. The summed E-state index contributed by atoms with van der Waals surface area (Å²) >= 11 is 0. The van der Waals surface area contributed by atoms with Crippen molar-refractivity contribution in [3.05, 3.63) is 95.3 Å². The van der Waals surface area contributed by atoms with Gasteiger partial charge in [-0.05, 0) is 63.3 Å². The number of hydrogen-bond donors (Lipinski definition) is 4. The van der Waals surface area contributed by atoms with Gasteiger partial charge >= 0.3 is 29.9 Å². The van der Waals surface area contributed by atoms with Gasteiger partial charge in [0.1, 0.15) is 24.1 Å². The Hall–Kier alpha value is -5.38. The van der Waals surface area contributed by atoms with Crippen LogP contribution in [0.4, 0.5) is 4.79 Å². The van der Waals surface area contributed by atoms with Crippen molar-refractivity contribution in [1.82, 2.24) is 10.6 Å². The van der Waals surface area contributed by atoms with Crippen molar-refractivity contribution in [2.75, 3.05) is 6.61 Å². The first-order chi connectivity index (χ1) is 28.0. The van der Waals surface area contributed by atoms with E-state index in [4.69, 9.17) is 23.7 Å². The molecular weight excluding hydrogens is 776 g/mol. The highest BCUT2D eigenvalue weighted by Gasteiger charge is 2.73. The number of amides is 2. The highest BCUT2D eigenvalue weighted by Crippen LogP contribution is 2.62. The second-order valence-electron chi connectivity index (χ2n) is 17.9. The van der Waals surface area contributed by atoms with E-state index in [0.717, 1.165) is 6.92 Å². The van der Waals surface area contributed by atoms with Gasteiger partial charge in [0.2, 0.25) is 0 Å². The first kappa shape index (κ1) is 44.2. The fourth-order valence-electron chi connectivity index (χ4n) is 9.78. The summed E-state index contributed by atoms with van der Waals surface area (Å²) in [6.45, 7) is 13.9. The van der Waals surface area contributed by atoms with Crippen molar-refractivity contribution in [3.63, 3.8) is 0 Å². The molecule has 2 aromatic rings. The third kappa shape index (κ3) is 7.97. The van der Waals surface area contributed by atoms with Gasteiger partial charge in [0.15, 0.2) is 23.6 Å². The van der Waals surface area contributed by atoms with Gasteiger partial charge < -0.3 is 44.5 Å². The number of urea groups is 1. The highest BCUT2D eigenvalue weighted by molar-refractivity contribution is 5.94. The maximum absolute atomic E-state index is 15.4. The van der Waals surface area contributed by atoms with Crippen LogP contribution < -0.4 is 10.6 Å². The molecule has 2 amide bonds. The number of benzene rings is 2. The van der Waals surface area contributed by atoms with E-state index in [1.807, 2.05) is 0 Å². The van der Waals surface area contributed by atoms with Crippen LogP contribution in [-0.4, -0.2) is 94.2 Å². The molecule has 3 aliphatic carbocycles. The Morgan fingerprint density at radius 2 is 1.53 bits per heavy atom. The van der Waals surface area contributed by atoms with Gasteiger partial charge in [-0.2, -0.15) is 0 Å². The van der Waals surface area contributed by atoms with Crippen LogP contribution in [0.25, 0.3) is 0 Å². The van der Waals surface area contributed by atoms with Crippen LogP contribution in [0.1, 0.15) is 84.3 Å². The Morgan fingerprint density at radius 1 is 0.917 bits per heavy atom. The lowest BCUT2D eigenvalue weighted by Gasteiger charge is -2.64. The summed E-state index contributed by atoms with van der Waals surface area (Å²) in [5.74, 6) is -8.26. The number of aliphatic hydroxyl groups is 2. The van der Waals surface area contributed by atoms with Crippen LogP contribution in [0.3, 0.4) is 0 Å². The molecule has 4 N–H and O–H groups in total. The van der Waals surface area contributed by atoms with E-state index < -0.39 is 112 Å². The van der Waals surface area contributed by atoms with Crippen molar-refractivity contribution >= 4 is 35.7 Å². The second kappa shape index (κ2) is 16.2. The number of carbonyl (C=O) groups is 6. The van der Waals surface area contributed by atoms with E-state index in [1.165, 1.54) is 26.0 Å². The molecule has 2 fully saturated rings. The van der Waals surface area contributed by atoms with Gasteiger partial charge in [-0.25, -0.2) is 14.4 Å². The summed E-state index contributed by atoms with van der Waals surface area (Å²) in [7, 11) is 0. The quantitative estimate of drug-likeness (QED) is 0.158. The number of nitrogens with one attached hydrogen (secondary N) is 2. The number of rotatable bonds is 9. The highest BCUT2D eigenvalue weighted by atomic mass is 16.6. The zero-order valence-corrected chi connectivity index (χ0v) is 35.2. The standard InChI is InChI=1S/C45H54N2O13/c1-23-29-36(57-24(2)48)38(52)44(9)21-20-28-45(22-56-28,60-25(3)49)37(44)35(59-39(53)27-18-14-11-15-19-27)30(43(29,7)8)32(50)34(23)58-40(54)33(51)31(26-16-12-10-13-17-26)46-41(55)47-42(4,5)6/h10-21,28-33,35-37,50-51H,22H2,1-9H3,(H2,46,47,55)/t28-,29?,30?,31+,32-,33-,35-,36-,37?,44-,45+/m1/s1. The van der Waals surface area contributed by atoms with Crippen molar-refractivity contribution in [3.8, 4) is 0 Å². The van der Waals surface area contributed by atoms with Crippen LogP contribution in [-0.2, 0) is 42.9 Å². The van der Waals surface area contributed by atoms with Crippen LogP contribution in [0.15, 0.2) is 84.1 Å². The summed E-state index contributed by atoms with van der Waals surface area (Å²) in [6.07, 6.45) is -4.59. The molecule has 0 spiro atoms. The number of fused-ring (bicyclic) bond motifs is 5. The summed E-state index contributed by atoms with van der Waals surface area (Å²) in [5.41, 5.74) is -4.61. The molecule has 2 aromatic carbocycles. The van der Waals surface area contributed by atoms with Gasteiger partial charge in [0.25, 0.3) is 0 Å². The fraction of sp³-hybridized carbons (Fsp3) is 0.511. The number of ether oxygens (including phenoxy) is 5. The van der Waals surface area contributed by atoms with E-state index in [9.17, 15) is 34.2 Å². The molecule has 1 heterocycles. The van der Waals surface area contributed by atoms with Gasteiger partial charge in [-0.1, -0.05) is 74.5 Å². The molecule has 1 aliphatic heterocycles. The van der Waals surface area contributed by atoms with Gasteiger partial charge in [-0.3, -0.25) is 14.4 Å². The minimum absolute atomic E-state index is 0.146. The molecule has 6 rings (SSSR count). The number of hydrogen-bond acceptors (Lipinski definition) is 13. The predicted octanol–water partition coefficient (Wildman–Crippen LogP) is 4.27. The van der Waals surface area contributed by atoms with E-state index in [2.05, 4.69) is 10.6 Å². The number of esters is 4. The Morgan fingerprint density at radius 3 is 2.08 bits per heavy atom. The van der Waals surface area contributed by atoms with Crippen molar-refractivity contribution in [2.45, 2.75) is 110 Å². The molecule has 0 radical (unpaired) electrons. The Labute approximate surface area is 348 Å². The van der Waals surface area contributed by atoms with Crippen molar-refractivity contribution in [2.24, 2.45) is 28.6 Å². The van der Waals surface area contributed by atoms with Crippen LogP contribution in [0, 0.1) is 28.6 Å². The van der Waals surface area contributed by atoms with E-state index in [-0.39, 0.29) is 23.5 Å². The Kier molecular flexibility index (Phi) is 12.0. The average molecular weight is 831 g/mol. The molecule has 4 aliphatic rings. The minimum Gasteiger partial charge on any atom is -0.458 e. The monoisotopic (exact) mass is 830 g/mol. The summed E-state index contributed by atoms with van der Waals surface area (Å²) in [5, 5.41) is 29.8.